The number of hydrogen-bond acceptors (Lipinski definition) is 4. The monoisotopic (exact) mass is 362 g/mol. The van der Waals surface area contributed by atoms with Gasteiger partial charge in [-0.1, -0.05) is 41.9 Å². The summed E-state index contributed by atoms with van der Waals surface area (Å²) in [5.74, 6) is 0. The lowest BCUT2D eigenvalue weighted by atomic mass is 10.1. The number of rotatable bonds is 2. The van der Waals surface area contributed by atoms with Crippen LogP contribution in [0.5, 0.6) is 0 Å². The van der Waals surface area contributed by atoms with E-state index >= 15 is 0 Å². The van der Waals surface area contributed by atoms with Gasteiger partial charge in [0.05, 0.1) is 5.69 Å². The topological polar surface area (TPSA) is 43.1 Å². The van der Waals surface area contributed by atoms with E-state index in [0.29, 0.717) is 10.8 Å². The maximum absolute atomic E-state index is 6.47. The van der Waals surface area contributed by atoms with Gasteiger partial charge in [0.1, 0.15) is 5.15 Å². The third-order valence-corrected chi connectivity index (χ3v) is 5.08. The van der Waals surface area contributed by atoms with Crippen molar-refractivity contribution in [2.45, 2.75) is 0 Å². The molecule has 4 aromatic heterocycles. The first-order chi connectivity index (χ1) is 12.3. The van der Waals surface area contributed by atoms with Crippen molar-refractivity contribution in [3.63, 3.8) is 0 Å². The van der Waals surface area contributed by atoms with Crippen molar-refractivity contribution in [3.05, 3.63) is 70.6 Å². The number of pyridine rings is 1. The Morgan fingerprint density at radius 3 is 2.68 bits per heavy atom. The van der Waals surface area contributed by atoms with Gasteiger partial charge in [0, 0.05) is 34.2 Å². The van der Waals surface area contributed by atoms with E-state index in [2.05, 4.69) is 20.4 Å². The Kier molecular flexibility index (Phi) is 3.29. The van der Waals surface area contributed by atoms with Crippen LogP contribution in [0.1, 0.15) is 0 Å². The van der Waals surface area contributed by atoms with Gasteiger partial charge in [-0.3, -0.25) is 0 Å². The third kappa shape index (κ3) is 2.40. The highest BCUT2D eigenvalue weighted by Gasteiger charge is 2.13. The molecule has 0 atom stereocenters. The first kappa shape index (κ1) is 14.6. The SMILES string of the molecule is Clc1nc2c(cnc3cc(-c4ccsc4)nn32)cc1-c1ccccc1. The Balaban J connectivity index is 1.75. The van der Waals surface area contributed by atoms with Gasteiger partial charge in [-0.15, -0.1) is 0 Å². The minimum Gasteiger partial charge on any atom is -0.236 e. The first-order valence-electron chi connectivity index (χ1n) is 7.72. The molecule has 0 saturated heterocycles. The van der Waals surface area contributed by atoms with Crippen LogP contribution in [0.2, 0.25) is 5.15 Å². The van der Waals surface area contributed by atoms with Crippen LogP contribution in [0.3, 0.4) is 0 Å². The van der Waals surface area contributed by atoms with E-state index in [-0.39, 0.29) is 0 Å². The molecule has 120 valence electrons. The maximum Gasteiger partial charge on any atom is 0.166 e. The molecule has 0 N–H and O–H groups in total. The predicted molar refractivity (Wildman–Crippen MR) is 102 cm³/mol. The Bertz CT molecular complexity index is 1200. The van der Waals surface area contributed by atoms with Crippen molar-refractivity contribution in [3.8, 4) is 22.4 Å². The number of thiophene rings is 1. The van der Waals surface area contributed by atoms with Gasteiger partial charge in [-0.25, -0.2) is 9.97 Å². The van der Waals surface area contributed by atoms with E-state index in [9.17, 15) is 0 Å². The van der Waals surface area contributed by atoms with E-state index in [4.69, 9.17) is 11.6 Å². The average Bonchev–Trinajstić information content (AvgIpc) is 3.31. The summed E-state index contributed by atoms with van der Waals surface area (Å²) in [6.45, 7) is 0. The van der Waals surface area contributed by atoms with Crippen LogP contribution >= 0.6 is 22.9 Å². The van der Waals surface area contributed by atoms with Crippen molar-refractivity contribution in [1.82, 2.24) is 19.6 Å². The molecular formula is C19H11ClN4S. The zero-order valence-corrected chi connectivity index (χ0v) is 14.5. The summed E-state index contributed by atoms with van der Waals surface area (Å²) in [5.41, 5.74) is 5.34. The summed E-state index contributed by atoms with van der Waals surface area (Å²) in [7, 11) is 0. The lowest BCUT2D eigenvalue weighted by Crippen LogP contribution is -1.97. The maximum atomic E-state index is 6.47. The molecule has 6 heteroatoms. The highest BCUT2D eigenvalue weighted by atomic mass is 35.5. The molecule has 5 rings (SSSR count). The van der Waals surface area contributed by atoms with Crippen molar-refractivity contribution >= 4 is 39.6 Å². The Morgan fingerprint density at radius 1 is 1.00 bits per heavy atom. The molecule has 5 aromatic rings. The number of fused-ring (bicyclic) bond motifs is 3. The van der Waals surface area contributed by atoms with E-state index < -0.39 is 0 Å². The molecule has 0 aliphatic rings. The van der Waals surface area contributed by atoms with Crippen LogP contribution in [0.4, 0.5) is 0 Å². The minimum absolute atomic E-state index is 0.457. The fourth-order valence-electron chi connectivity index (χ4n) is 2.89. The van der Waals surface area contributed by atoms with E-state index in [1.807, 2.05) is 60.1 Å². The van der Waals surface area contributed by atoms with Crippen molar-refractivity contribution in [2.75, 3.05) is 0 Å². The normalized spacial score (nSPS) is 11.4. The molecule has 0 aliphatic heterocycles. The smallest absolute Gasteiger partial charge is 0.166 e. The second-order valence-electron chi connectivity index (χ2n) is 5.68. The summed E-state index contributed by atoms with van der Waals surface area (Å²) in [6, 6.07) is 16.0. The molecule has 0 spiro atoms. The molecule has 0 saturated carbocycles. The van der Waals surface area contributed by atoms with Crippen LogP contribution < -0.4 is 0 Å². The molecule has 0 aliphatic carbocycles. The second kappa shape index (κ2) is 5.65. The second-order valence-corrected chi connectivity index (χ2v) is 6.81. The number of hydrogen-bond donors (Lipinski definition) is 0. The van der Waals surface area contributed by atoms with Gasteiger partial charge >= 0.3 is 0 Å². The van der Waals surface area contributed by atoms with Crippen LogP contribution in [-0.2, 0) is 0 Å². The molecule has 4 heterocycles. The van der Waals surface area contributed by atoms with Crippen LogP contribution in [0, 0.1) is 0 Å². The van der Waals surface area contributed by atoms with Crippen LogP contribution in [-0.4, -0.2) is 19.6 Å². The minimum atomic E-state index is 0.457. The number of halogens is 1. The third-order valence-electron chi connectivity index (χ3n) is 4.11. The van der Waals surface area contributed by atoms with Gasteiger partial charge in [0.2, 0.25) is 0 Å². The van der Waals surface area contributed by atoms with Gasteiger partial charge in [0.15, 0.2) is 11.3 Å². The molecule has 0 bridgehead atoms. The number of benzene rings is 1. The molecule has 25 heavy (non-hydrogen) atoms. The van der Waals surface area contributed by atoms with Gasteiger partial charge in [0.25, 0.3) is 0 Å². The van der Waals surface area contributed by atoms with Crippen molar-refractivity contribution < 1.29 is 0 Å². The highest BCUT2D eigenvalue weighted by Crippen LogP contribution is 2.30. The summed E-state index contributed by atoms with van der Waals surface area (Å²) in [6.07, 6.45) is 1.82. The summed E-state index contributed by atoms with van der Waals surface area (Å²) >= 11 is 8.12. The average molecular weight is 363 g/mol. The van der Waals surface area contributed by atoms with Crippen molar-refractivity contribution in [2.24, 2.45) is 0 Å². The summed E-state index contributed by atoms with van der Waals surface area (Å²) in [4.78, 5) is 9.13. The van der Waals surface area contributed by atoms with Crippen LogP contribution in [0.15, 0.2) is 65.5 Å². The van der Waals surface area contributed by atoms with E-state index in [0.717, 1.165) is 33.4 Å². The van der Waals surface area contributed by atoms with E-state index in [1.54, 1.807) is 15.9 Å². The standard InChI is InChI=1S/C19H11ClN4S/c20-18-15(12-4-2-1-3-5-12)8-14-10-21-17-9-16(13-6-7-25-11-13)23-24(17)19(14)22-18/h1-11H. The molecule has 0 amide bonds. The fourth-order valence-corrected chi connectivity index (χ4v) is 3.78. The first-order valence-corrected chi connectivity index (χ1v) is 9.05. The number of nitrogens with zero attached hydrogens (tertiary/aromatic N) is 4. The zero-order chi connectivity index (χ0) is 16.8. The van der Waals surface area contributed by atoms with Gasteiger partial charge in [-0.05, 0) is 23.1 Å². The molecule has 1 aromatic carbocycles. The molecule has 4 nitrogen and oxygen atoms in total. The van der Waals surface area contributed by atoms with Gasteiger partial charge < -0.3 is 0 Å². The molecule has 0 unspecified atom stereocenters. The van der Waals surface area contributed by atoms with Crippen LogP contribution in [0.25, 0.3) is 39.1 Å². The fraction of sp³-hybridized carbons (Fsp3) is 0. The quantitative estimate of drug-likeness (QED) is 0.399. The predicted octanol–water partition coefficient (Wildman–Crippen LogP) is 5.33. The lowest BCUT2D eigenvalue weighted by molar-refractivity contribution is 0.968. The Hall–Kier alpha value is -2.76. The molecular weight excluding hydrogens is 352 g/mol. The van der Waals surface area contributed by atoms with Crippen molar-refractivity contribution in [1.29, 1.82) is 0 Å². The molecule has 0 radical (unpaired) electrons. The Labute approximate surface area is 152 Å². The number of aromatic nitrogens is 4. The summed E-state index contributed by atoms with van der Waals surface area (Å²) < 4.78 is 1.75. The molecule has 0 fully saturated rings. The Morgan fingerprint density at radius 2 is 1.88 bits per heavy atom. The van der Waals surface area contributed by atoms with Gasteiger partial charge in [-0.2, -0.15) is 21.0 Å². The summed E-state index contributed by atoms with van der Waals surface area (Å²) in [5, 5.41) is 10.1. The van der Waals surface area contributed by atoms with E-state index in [1.165, 1.54) is 0 Å². The zero-order valence-electron chi connectivity index (χ0n) is 12.9. The highest BCUT2D eigenvalue weighted by molar-refractivity contribution is 7.08. The largest absolute Gasteiger partial charge is 0.236 e. The lowest BCUT2D eigenvalue weighted by Gasteiger charge is -2.07.